The molecular weight excluding hydrogens is 381 g/mol. The molecule has 3 rings (SSSR count). The van der Waals surface area contributed by atoms with E-state index in [1.165, 1.54) is 6.92 Å². The summed E-state index contributed by atoms with van der Waals surface area (Å²) in [7, 11) is 0. The molecule has 0 fully saturated rings. The molecule has 1 atom stereocenters. The van der Waals surface area contributed by atoms with Gasteiger partial charge in [0.05, 0.1) is 17.2 Å². The summed E-state index contributed by atoms with van der Waals surface area (Å²) in [6.07, 6.45) is -4.71. The Morgan fingerprint density at radius 3 is 2.17 bits per heavy atom. The van der Waals surface area contributed by atoms with Crippen LogP contribution in [0.5, 0.6) is 0 Å². The van der Waals surface area contributed by atoms with Gasteiger partial charge in [0, 0.05) is 12.6 Å². The highest BCUT2D eigenvalue weighted by Gasteiger charge is 2.38. The van der Waals surface area contributed by atoms with Crippen molar-refractivity contribution in [1.82, 2.24) is 10.3 Å². The van der Waals surface area contributed by atoms with E-state index < -0.39 is 34.8 Å². The standard InChI is InChI=1S/C22H19F3N2O2/c1-14(28)26-19(12-15-8-4-2-5-9-15)20-17(22(23,24)25)13-18(27-21(20)29)16-10-6-3-7-11-16/h2-11,13,19H,12H2,1H3,(H,26,28)(H,27,29). The third-order valence-electron chi connectivity index (χ3n) is 4.47. The van der Waals surface area contributed by atoms with Gasteiger partial charge >= 0.3 is 6.18 Å². The van der Waals surface area contributed by atoms with Crippen molar-refractivity contribution in [2.45, 2.75) is 25.6 Å². The van der Waals surface area contributed by atoms with Crippen molar-refractivity contribution in [2.75, 3.05) is 0 Å². The highest BCUT2D eigenvalue weighted by atomic mass is 19.4. The van der Waals surface area contributed by atoms with Gasteiger partial charge in [0.25, 0.3) is 5.56 Å². The Morgan fingerprint density at radius 2 is 1.62 bits per heavy atom. The van der Waals surface area contributed by atoms with Gasteiger partial charge in [-0.05, 0) is 23.6 Å². The van der Waals surface area contributed by atoms with Crippen LogP contribution < -0.4 is 10.9 Å². The number of H-pyrrole nitrogens is 1. The van der Waals surface area contributed by atoms with Gasteiger partial charge in [-0.25, -0.2) is 0 Å². The van der Waals surface area contributed by atoms with Gasteiger partial charge in [-0.2, -0.15) is 13.2 Å². The van der Waals surface area contributed by atoms with Crippen molar-refractivity contribution >= 4 is 5.91 Å². The molecular formula is C22H19F3N2O2. The fourth-order valence-corrected chi connectivity index (χ4v) is 3.24. The largest absolute Gasteiger partial charge is 0.417 e. The number of halogens is 3. The second-order valence-electron chi connectivity index (χ2n) is 6.65. The number of carbonyl (C=O) groups is 1. The predicted octanol–water partition coefficient (Wildman–Crippen LogP) is 4.48. The molecule has 1 heterocycles. The van der Waals surface area contributed by atoms with Crippen LogP contribution in [-0.4, -0.2) is 10.9 Å². The summed E-state index contributed by atoms with van der Waals surface area (Å²) in [6.45, 7) is 1.21. The summed E-state index contributed by atoms with van der Waals surface area (Å²) in [5, 5.41) is 2.50. The Hall–Kier alpha value is -3.35. The molecule has 1 amide bonds. The Balaban J connectivity index is 2.16. The minimum absolute atomic E-state index is 0.0528. The third-order valence-corrected chi connectivity index (χ3v) is 4.47. The number of alkyl halides is 3. The first-order valence-corrected chi connectivity index (χ1v) is 8.96. The highest BCUT2D eigenvalue weighted by molar-refractivity contribution is 5.73. The first-order valence-electron chi connectivity index (χ1n) is 8.96. The highest BCUT2D eigenvalue weighted by Crippen LogP contribution is 2.35. The maximum Gasteiger partial charge on any atom is 0.417 e. The van der Waals surface area contributed by atoms with E-state index in [2.05, 4.69) is 10.3 Å². The fourth-order valence-electron chi connectivity index (χ4n) is 3.24. The summed E-state index contributed by atoms with van der Waals surface area (Å²) in [5.74, 6) is -0.523. The van der Waals surface area contributed by atoms with Crippen LogP contribution in [0.15, 0.2) is 71.5 Å². The van der Waals surface area contributed by atoms with Gasteiger partial charge in [0.1, 0.15) is 0 Å². The van der Waals surface area contributed by atoms with Crippen molar-refractivity contribution < 1.29 is 18.0 Å². The van der Waals surface area contributed by atoms with Crippen LogP contribution in [0.4, 0.5) is 13.2 Å². The van der Waals surface area contributed by atoms with E-state index in [-0.39, 0.29) is 12.1 Å². The van der Waals surface area contributed by atoms with E-state index in [0.29, 0.717) is 11.1 Å². The number of carbonyl (C=O) groups excluding carboxylic acids is 1. The molecule has 1 unspecified atom stereocenters. The lowest BCUT2D eigenvalue weighted by molar-refractivity contribution is -0.139. The Morgan fingerprint density at radius 1 is 1.03 bits per heavy atom. The zero-order chi connectivity index (χ0) is 21.0. The number of hydrogen-bond donors (Lipinski definition) is 2. The maximum atomic E-state index is 13.9. The number of amides is 1. The molecule has 0 radical (unpaired) electrons. The second kappa shape index (κ2) is 8.34. The molecule has 150 valence electrons. The molecule has 7 heteroatoms. The number of benzene rings is 2. The fraction of sp³-hybridized carbons (Fsp3) is 0.182. The van der Waals surface area contributed by atoms with E-state index in [0.717, 1.165) is 6.07 Å². The average molecular weight is 400 g/mol. The van der Waals surface area contributed by atoms with Crippen molar-refractivity contribution in [3.63, 3.8) is 0 Å². The quantitative estimate of drug-likeness (QED) is 0.663. The van der Waals surface area contributed by atoms with E-state index in [1.807, 2.05) is 0 Å². The van der Waals surface area contributed by atoms with Gasteiger partial charge in [-0.1, -0.05) is 60.7 Å². The Bertz CT molecular complexity index is 1050. The normalized spacial score (nSPS) is 12.4. The van der Waals surface area contributed by atoms with Crippen LogP contribution in [0, 0.1) is 0 Å². The molecule has 1 aromatic heterocycles. The van der Waals surface area contributed by atoms with Crippen molar-refractivity contribution in [2.24, 2.45) is 0 Å². The minimum Gasteiger partial charge on any atom is -0.349 e. The van der Waals surface area contributed by atoms with E-state index >= 15 is 0 Å². The molecule has 0 spiro atoms. The summed E-state index contributed by atoms with van der Waals surface area (Å²) in [5.41, 5.74) is -1.22. The van der Waals surface area contributed by atoms with Crippen LogP contribution in [0.2, 0.25) is 0 Å². The third kappa shape index (κ3) is 4.93. The molecule has 2 N–H and O–H groups in total. The van der Waals surface area contributed by atoms with Gasteiger partial charge < -0.3 is 10.3 Å². The molecule has 0 aliphatic rings. The zero-order valence-electron chi connectivity index (χ0n) is 15.6. The number of nitrogens with one attached hydrogen (secondary N) is 2. The average Bonchev–Trinajstić information content (AvgIpc) is 2.67. The summed E-state index contributed by atoms with van der Waals surface area (Å²) >= 11 is 0. The van der Waals surface area contributed by atoms with Crippen LogP contribution in [0.1, 0.15) is 29.7 Å². The number of aromatic nitrogens is 1. The lowest BCUT2D eigenvalue weighted by Gasteiger charge is -2.22. The molecule has 4 nitrogen and oxygen atoms in total. The van der Waals surface area contributed by atoms with Crippen molar-refractivity contribution in [3.8, 4) is 11.3 Å². The topological polar surface area (TPSA) is 62.0 Å². The number of aromatic amines is 1. The van der Waals surface area contributed by atoms with Crippen molar-refractivity contribution in [1.29, 1.82) is 0 Å². The maximum absolute atomic E-state index is 13.9. The molecule has 3 aromatic rings. The minimum atomic E-state index is -4.76. The predicted molar refractivity (Wildman–Crippen MR) is 104 cm³/mol. The molecule has 0 saturated heterocycles. The van der Waals surface area contributed by atoms with Crippen molar-refractivity contribution in [3.05, 3.63) is 93.8 Å². The summed E-state index contributed by atoms with van der Waals surface area (Å²) in [4.78, 5) is 27.0. The molecule has 2 aromatic carbocycles. The van der Waals surface area contributed by atoms with Crippen LogP contribution >= 0.6 is 0 Å². The van der Waals surface area contributed by atoms with Gasteiger partial charge in [0.2, 0.25) is 5.91 Å². The van der Waals surface area contributed by atoms with Crippen LogP contribution in [0.3, 0.4) is 0 Å². The Labute approximate surface area is 165 Å². The Kier molecular flexibility index (Phi) is 5.87. The SMILES string of the molecule is CC(=O)NC(Cc1ccccc1)c1c(C(F)(F)F)cc(-c2ccccc2)[nH]c1=O. The molecule has 0 bridgehead atoms. The van der Waals surface area contributed by atoms with E-state index in [1.54, 1.807) is 60.7 Å². The number of rotatable bonds is 5. The van der Waals surface area contributed by atoms with Gasteiger partial charge in [0.15, 0.2) is 0 Å². The van der Waals surface area contributed by atoms with Crippen LogP contribution in [0.25, 0.3) is 11.3 Å². The monoisotopic (exact) mass is 400 g/mol. The first-order chi connectivity index (χ1) is 13.8. The lowest BCUT2D eigenvalue weighted by Crippen LogP contribution is -2.35. The number of pyridine rings is 1. The van der Waals surface area contributed by atoms with Gasteiger partial charge in [-0.3, -0.25) is 9.59 Å². The summed E-state index contributed by atoms with van der Waals surface area (Å²) < 4.78 is 41.7. The van der Waals surface area contributed by atoms with E-state index in [4.69, 9.17) is 0 Å². The van der Waals surface area contributed by atoms with E-state index in [9.17, 15) is 22.8 Å². The molecule has 0 saturated carbocycles. The van der Waals surface area contributed by atoms with Gasteiger partial charge in [-0.15, -0.1) is 0 Å². The first kappa shape index (κ1) is 20.4. The lowest BCUT2D eigenvalue weighted by atomic mass is 9.94. The molecule has 0 aliphatic heterocycles. The van der Waals surface area contributed by atoms with Crippen LogP contribution in [-0.2, 0) is 17.4 Å². The second-order valence-corrected chi connectivity index (χ2v) is 6.65. The molecule has 29 heavy (non-hydrogen) atoms. The zero-order valence-corrected chi connectivity index (χ0v) is 15.6. The smallest absolute Gasteiger partial charge is 0.349 e. The number of hydrogen-bond acceptors (Lipinski definition) is 2. The molecule has 0 aliphatic carbocycles. The summed E-state index contributed by atoms with van der Waals surface area (Å²) in [6, 6.07) is 16.8.